The molecule has 0 saturated carbocycles. The Morgan fingerprint density at radius 1 is 1.22 bits per heavy atom. The van der Waals surface area contributed by atoms with Crippen LogP contribution in [0.2, 0.25) is 0 Å². The maximum atomic E-state index is 5.03. The van der Waals surface area contributed by atoms with Crippen molar-refractivity contribution in [3.63, 3.8) is 0 Å². The Kier molecular flexibility index (Phi) is 6.36. The zero-order chi connectivity index (χ0) is 6.95. The average Bonchev–Trinajstić information content (AvgIpc) is 1.89. The van der Waals surface area contributed by atoms with Crippen molar-refractivity contribution >= 4 is 0 Å². The summed E-state index contributed by atoms with van der Waals surface area (Å²) in [6.07, 6.45) is 11.9. The summed E-state index contributed by atoms with van der Waals surface area (Å²) in [5, 5.41) is 3.04. The molecular weight excluding hydrogens is 110 g/mol. The molecule has 0 fully saturated rings. The number of rotatable bonds is 4. The van der Waals surface area contributed by atoms with Gasteiger partial charge in [-0.1, -0.05) is 5.92 Å². The van der Waals surface area contributed by atoms with E-state index in [1.807, 2.05) is 0 Å². The van der Waals surface area contributed by atoms with Gasteiger partial charge in [0, 0.05) is 6.42 Å². The fourth-order valence-electron chi connectivity index (χ4n) is 0.476. The van der Waals surface area contributed by atoms with Crippen LogP contribution in [0, 0.1) is 24.7 Å². The Balaban J connectivity index is 2.79. The molecule has 0 aromatic heterocycles. The number of hydrogen-bond acceptors (Lipinski definition) is 1. The molecule has 0 rings (SSSR count). The van der Waals surface area contributed by atoms with Crippen molar-refractivity contribution in [1.29, 1.82) is 0 Å². The molecule has 0 atom stereocenters. The van der Waals surface area contributed by atoms with Crippen molar-refractivity contribution in [3.05, 3.63) is 0 Å². The Bertz CT molecular complexity index is 108. The largest absolute Gasteiger partial charge is 0.306 e. The first-order valence-electron chi connectivity index (χ1n) is 2.99. The van der Waals surface area contributed by atoms with Crippen LogP contribution < -0.4 is 5.32 Å². The normalized spacial score (nSPS) is 7.78. The number of nitrogens with one attached hydrogen (secondary N) is 1. The molecule has 0 aromatic carbocycles. The predicted molar refractivity (Wildman–Crippen MR) is 39.8 cm³/mol. The van der Waals surface area contributed by atoms with Gasteiger partial charge in [-0.25, -0.2) is 0 Å². The molecule has 0 aromatic rings. The van der Waals surface area contributed by atoms with Gasteiger partial charge >= 0.3 is 0 Å². The van der Waals surface area contributed by atoms with Gasteiger partial charge in [0.05, 0.1) is 6.54 Å². The van der Waals surface area contributed by atoms with Crippen molar-refractivity contribution in [1.82, 2.24) is 5.32 Å². The number of terminal acetylenes is 2. The van der Waals surface area contributed by atoms with Gasteiger partial charge in [-0.3, -0.25) is 0 Å². The Labute approximate surface area is 56.8 Å². The van der Waals surface area contributed by atoms with E-state index in [0.717, 1.165) is 19.4 Å². The van der Waals surface area contributed by atoms with Crippen molar-refractivity contribution in [3.8, 4) is 24.7 Å². The second kappa shape index (κ2) is 7.08. The summed E-state index contributed by atoms with van der Waals surface area (Å²) >= 11 is 0. The van der Waals surface area contributed by atoms with Crippen LogP contribution in [0.1, 0.15) is 12.8 Å². The molecular formula is C8H11N. The third-order valence-electron chi connectivity index (χ3n) is 0.902. The molecule has 0 aliphatic carbocycles. The van der Waals surface area contributed by atoms with E-state index in [2.05, 4.69) is 17.2 Å². The maximum absolute atomic E-state index is 5.03. The molecule has 0 bridgehead atoms. The van der Waals surface area contributed by atoms with Crippen LogP contribution >= 0.6 is 0 Å². The zero-order valence-electron chi connectivity index (χ0n) is 5.48. The summed E-state index contributed by atoms with van der Waals surface area (Å²) in [4.78, 5) is 0. The molecule has 0 spiro atoms. The molecule has 0 aliphatic heterocycles. The van der Waals surface area contributed by atoms with Crippen LogP contribution in [0.15, 0.2) is 0 Å². The van der Waals surface area contributed by atoms with E-state index in [4.69, 9.17) is 12.8 Å². The number of hydrogen-bond donors (Lipinski definition) is 1. The van der Waals surface area contributed by atoms with Gasteiger partial charge in [0.1, 0.15) is 0 Å². The van der Waals surface area contributed by atoms with Gasteiger partial charge in [0.25, 0.3) is 0 Å². The van der Waals surface area contributed by atoms with Gasteiger partial charge in [0.15, 0.2) is 0 Å². The van der Waals surface area contributed by atoms with Crippen molar-refractivity contribution in [2.24, 2.45) is 0 Å². The van der Waals surface area contributed by atoms with E-state index in [9.17, 15) is 0 Å². The second-order valence-corrected chi connectivity index (χ2v) is 1.69. The van der Waals surface area contributed by atoms with Crippen molar-refractivity contribution in [2.75, 3.05) is 13.1 Å². The van der Waals surface area contributed by atoms with Crippen LogP contribution in [0.4, 0.5) is 0 Å². The molecule has 1 nitrogen and oxygen atoms in total. The van der Waals surface area contributed by atoms with Gasteiger partial charge in [-0.2, -0.15) is 0 Å². The summed E-state index contributed by atoms with van der Waals surface area (Å²) < 4.78 is 0. The quantitative estimate of drug-likeness (QED) is 0.425. The van der Waals surface area contributed by atoms with Gasteiger partial charge in [-0.05, 0) is 13.0 Å². The first-order valence-corrected chi connectivity index (χ1v) is 2.99. The van der Waals surface area contributed by atoms with Crippen LogP contribution in [0.25, 0.3) is 0 Å². The highest BCUT2D eigenvalue weighted by molar-refractivity contribution is 4.87. The molecule has 1 heteroatoms. The molecule has 0 saturated heterocycles. The van der Waals surface area contributed by atoms with Crippen LogP contribution in [-0.4, -0.2) is 13.1 Å². The molecule has 48 valence electrons. The van der Waals surface area contributed by atoms with Gasteiger partial charge in [-0.15, -0.1) is 18.8 Å². The molecule has 0 heterocycles. The maximum Gasteiger partial charge on any atom is 0.0573 e. The lowest BCUT2D eigenvalue weighted by Gasteiger charge is -1.94. The highest BCUT2D eigenvalue weighted by atomic mass is 14.8. The average molecular weight is 121 g/mol. The number of unbranched alkanes of at least 4 members (excludes halogenated alkanes) is 1. The van der Waals surface area contributed by atoms with Crippen molar-refractivity contribution < 1.29 is 0 Å². The van der Waals surface area contributed by atoms with E-state index >= 15 is 0 Å². The van der Waals surface area contributed by atoms with E-state index in [0.29, 0.717) is 6.54 Å². The van der Waals surface area contributed by atoms with Crippen molar-refractivity contribution in [2.45, 2.75) is 12.8 Å². The van der Waals surface area contributed by atoms with Crippen LogP contribution in [0.3, 0.4) is 0 Å². The van der Waals surface area contributed by atoms with Gasteiger partial charge in [0.2, 0.25) is 0 Å². The fraction of sp³-hybridized carbons (Fsp3) is 0.500. The fourth-order valence-corrected chi connectivity index (χ4v) is 0.476. The summed E-state index contributed by atoms with van der Waals surface area (Å²) in [5.41, 5.74) is 0. The molecule has 9 heavy (non-hydrogen) atoms. The summed E-state index contributed by atoms with van der Waals surface area (Å²) in [5.74, 6) is 5.03. The zero-order valence-corrected chi connectivity index (χ0v) is 5.48. The minimum absolute atomic E-state index is 0.643. The Hall–Kier alpha value is -0.920. The van der Waals surface area contributed by atoms with Crippen LogP contribution in [-0.2, 0) is 0 Å². The van der Waals surface area contributed by atoms with E-state index in [1.54, 1.807) is 0 Å². The molecule has 1 N–H and O–H groups in total. The summed E-state index contributed by atoms with van der Waals surface area (Å²) in [7, 11) is 0. The third kappa shape index (κ3) is 7.08. The lowest BCUT2D eigenvalue weighted by atomic mass is 10.3. The first kappa shape index (κ1) is 8.08. The first-order chi connectivity index (χ1) is 4.41. The Morgan fingerprint density at radius 2 is 2.00 bits per heavy atom. The van der Waals surface area contributed by atoms with E-state index in [-0.39, 0.29) is 0 Å². The van der Waals surface area contributed by atoms with Crippen LogP contribution in [0.5, 0.6) is 0 Å². The standard InChI is InChI=1S/C8H11N/c1-3-5-6-8-9-7-4-2/h1-2,9H,5-8H2. The minimum atomic E-state index is 0.643. The minimum Gasteiger partial charge on any atom is -0.306 e. The van der Waals surface area contributed by atoms with Gasteiger partial charge < -0.3 is 5.32 Å². The molecule has 0 unspecified atom stereocenters. The summed E-state index contributed by atoms with van der Waals surface area (Å²) in [6.45, 7) is 1.57. The van der Waals surface area contributed by atoms with E-state index in [1.165, 1.54) is 0 Å². The highest BCUT2D eigenvalue weighted by Crippen LogP contribution is 1.80. The lowest BCUT2D eigenvalue weighted by Crippen LogP contribution is -2.14. The monoisotopic (exact) mass is 121 g/mol. The smallest absolute Gasteiger partial charge is 0.0573 e. The second-order valence-electron chi connectivity index (χ2n) is 1.69. The third-order valence-corrected chi connectivity index (χ3v) is 0.902. The predicted octanol–water partition coefficient (Wildman–Crippen LogP) is 0.623. The topological polar surface area (TPSA) is 12.0 Å². The Morgan fingerprint density at radius 3 is 2.56 bits per heavy atom. The molecule has 0 radical (unpaired) electrons. The molecule has 0 aliphatic rings. The molecule has 0 amide bonds. The highest BCUT2D eigenvalue weighted by Gasteiger charge is 1.80. The SMILES string of the molecule is C#CCCCNCC#C. The summed E-state index contributed by atoms with van der Waals surface area (Å²) in [6, 6.07) is 0. The van der Waals surface area contributed by atoms with E-state index < -0.39 is 0 Å². The lowest BCUT2D eigenvalue weighted by molar-refractivity contribution is 0.713.